The van der Waals surface area contributed by atoms with Crippen LogP contribution in [0.25, 0.3) is 0 Å². The molecule has 0 amide bonds. The van der Waals surface area contributed by atoms with Crippen LogP contribution in [0, 0.1) is 5.92 Å². The molecule has 3 rings (SSSR count). The van der Waals surface area contributed by atoms with Crippen LogP contribution in [-0.4, -0.2) is 22.6 Å². The second-order valence-corrected chi connectivity index (χ2v) is 5.61. The molecule has 1 aromatic rings. The van der Waals surface area contributed by atoms with Crippen LogP contribution in [0.2, 0.25) is 0 Å². The van der Waals surface area contributed by atoms with E-state index in [0.29, 0.717) is 5.92 Å². The molecule has 0 radical (unpaired) electrons. The van der Waals surface area contributed by atoms with Gasteiger partial charge in [0.1, 0.15) is 5.82 Å². The van der Waals surface area contributed by atoms with Crippen molar-refractivity contribution < 1.29 is 0 Å². The fourth-order valence-electron chi connectivity index (χ4n) is 3.24. The lowest BCUT2D eigenvalue weighted by atomic mass is 9.84. The zero-order valence-electron chi connectivity index (χ0n) is 10.8. The van der Waals surface area contributed by atoms with Crippen LogP contribution in [-0.2, 0) is 13.0 Å². The lowest BCUT2D eigenvalue weighted by Crippen LogP contribution is -2.30. The maximum absolute atomic E-state index is 4.87. The van der Waals surface area contributed by atoms with E-state index in [1.54, 1.807) is 0 Å². The summed E-state index contributed by atoms with van der Waals surface area (Å²) in [5.74, 6) is 2.79. The van der Waals surface area contributed by atoms with Gasteiger partial charge in [-0.15, -0.1) is 0 Å². The zero-order valence-corrected chi connectivity index (χ0v) is 10.8. The molecule has 1 atom stereocenters. The van der Waals surface area contributed by atoms with Crippen LogP contribution in [0.1, 0.15) is 50.0 Å². The molecule has 0 aromatic carbocycles. The van der Waals surface area contributed by atoms with Gasteiger partial charge in [-0.05, 0) is 44.7 Å². The molecule has 0 aliphatic carbocycles. The molecule has 2 aliphatic heterocycles. The Kier molecular flexibility index (Phi) is 3.19. The monoisotopic (exact) mass is 233 g/mol. The van der Waals surface area contributed by atoms with Crippen LogP contribution in [0.4, 0.5) is 0 Å². The highest BCUT2D eigenvalue weighted by Gasteiger charge is 2.24. The van der Waals surface area contributed by atoms with Crippen molar-refractivity contribution in [2.75, 3.05) is 13.1 Å². The summed E-state index contributed by atoms with van der Waals surface area (Å²) in [5, 5.41) is 3.44. The van der Waals surface area contributed by atoms with Crippen LogP contribution in [0.3, 0.4) is 0 Å². The Labute approximate surface area is 104 Å². The molecule has 0 spiro atoms. The van der Waals surface area contributed by atoms with Crippen LogP contribution in [0.15, 0.2) is 6.20 Å². The summed E-state index contributed by atoms with van der Waals surface area (Å²) in [6.45, 7) is 5.91. The second kappa shape index (κ2) is 4.81. The quantitative estimate of drug-likeness (QED) is 0.849. The van der Waals surface area contributed by atoms with E-state index in [1.165, 1.54) is 63.3 Å². The van der Waals surface area contributed by atoms with E-state index < -0.39 is 0 Å². The van der Waals surface area contributed by atoms with Crippen LogP contribution in [0.5, 0.6) is 0 Å². The Bertz CT molecular complexity index is 353. The average Bonchev–Trinajstić information content (AvgIpc) is 2.82. The number of aryl methyl sites for hydroxylation is 2. The lowest BCUT2D eigenvalue weighted by Gasteiger charge is -2.27. The molecule has 3 heterocycles. The minimum Gasteiger partial charge on any atom is -0.335 e. The first kappa shape index (κ1) is 11.3. The molecule has 3 nitrogen and oxygen atoms in total. The minimum atomic E-state index is 0.634. The largest absolute Gasteiger partial charge is 0.335 e. The maximum atomic E-state index is 4.87. The van der Waals surface area contributed by atoms with E-state index >= 15 is 0 Å². The summed E-state index contributed by atoms with van der Waals surface area (Å²) >= 11 is 0. The summed E-state index contributed by atoms with van der Waals surface area (Å²) in [7, 11) is 0. The summed E-state index contributed by atoms with van der Waals surface area (Å²) in [6, 6.07) is 0. The number of hydrogen-bond donors (Lipinski definition) is 1. The zero-order chi connectivity index (χ0) is 11.7. The highest BCUT2D eigenvalue weighted by Crippen LogP contribution is 2.30. The van der Waals surface area contributed by atoms with Crippen molar-refractivity contribution in [1.29, 1.82) is 0 Å². The molecule has 0 saturated carbocycles. The smallest absolute Gasteiger partial charge is 0.108 e. The number of fused-ring (bicyclic) bond motifs is 1. The highest BCUT2D eigenvalue weighted by atomic mass is 15.1. The van der Waals surface area contributed by atoms with Gasteiger partial charge in [0.05, 0.1) is 5.69 Å². The molecular weight excluding hydrogens is 210 g/mol. The van der Waals surface area contributed by atoms with Gasteiger partial charge < -0.3 is 9.88 Å². The molecule has 1 unspecified atom stereocenters. The van der Waals surface area contributed by atoms with Gasteiger partial charge in [-0.3, -0.25) is 0 Å². The number of imidazole rings is 1. The molecule has 17 heavy (non-hydrogen) atoms. The van der Waals surface area contributed by atoms with Crippen molar-refractivity contribution >= 4 is 0 Å². The van der Waals surface area contributed by atoms with Crippen molar-refractivity contribution in [3.05, 3.63) is 17.7 Å². The SMILES string of the molecule is CC(c1cn2c(n1)CCCC2)C1CCNCC1. The average molecular weight is 233 g/mol. The molecule has 1 saturated heterocycles. The predicted octanol–water partition coefficient (Wildman–Crippen LogP) is 2.32. The van der Waals surface area contributed by atoms with E-state index in [-0.39, 0.29) is 0 Å². The number of nitrogens with zero attached hydrogens (tertiary/aromatic N) is 2. The predicted molar refractivity (Wildman–Crippen MR) is 69.2 cm³/mol. The van der Waals surface area contributed by atoms with Gasteiger partial charge in [0.15, 0.2) is 0 Å². The normalized spacial score (nSPS) is 23.4. The molecule has 94 valence electrons. The van der Waals surface area contributed by atoms with E-state index in [2.05, 4.69) is 23.0 Å². The van der Waals surface area contributed by atoms with Gasteiger partial charge in [-0.2, -0.15) is 0 Å². The van der Waals surface area contributed by atoms with Gasteiger partial charge >= 0.3 is 0 Å². The van der Waals surface area contributed by atoms with E-state index in [1.807, 2.05) is 0 Å². The Morgan fingerprint density at radius 2 is 2.18 bits per heavy atom. The standard InChI is InChI=1S/C14H23N3/c1-11(12-5-7-15-8-6-12)13-10-17-9-3-2-4-14(17)16-13/h10-12,15H,2-9H2,1H3. The van der Waals surface area contributed by atoms with Gasteiger partial charge in [-0.1, -0.05) is 6.92 Å². The molecular formula is C14H23N3. The summed E-state index contributed by atoms with van der Waals surface area (Å²) in [4.78, 5) is 4.87. The number of aromatic nitrogens is 2. The molecule has 2 aliphatic rings. The molecule has 1 N–H and O–H groups in total. The summed E-state index contributed by atoms with van der Waals surface area (Å²) in [5.41, 5.74) is 1.34. The van der Waals surface area contributed by atoms with Crippen LogP contribution >= 0.6 is 0 Å². The number of nitrogens with one attached hydrogen (secondary N) is 1. The van der Waals surface area contributed by atoms with E-state index in [0.717, 1.165) is 5.92 Å². The van der Waals surface area contributed by atoms with Crippen molar-refractivity contribution in [3.8, 4) is 0 Å². The third-order valence-electron chi connectivity index (χ3n) is 4.48. The molecule has 0 bridgehead atoms. The lowest BCUT2D eigenvalue weighted by molar-refractivity contribution is 0.327. The molecule has 1 fully saturated rings. The molecule has 3 heteroatoms. The highest BCUT2D eigenvalue weighted by molar-refractivity contribution is 5.12. The number of hydrogen-bond acceptors (Lipinski definition) is 2. The van der Waals surface area contributed by atoms with Crippen molar-refractivity contribution in [2.24, 2.45) is 5.92 Å². The van der Waals surface area contributed by atoms with E-state index in [4.69, 9.17) is 4.98 Å². The fourth-order valence-corrected chi connectivity index (χ4v) is 3.24. The first-order valence-corrected chi connectivity index (χ1v) is 7.11. The Morgan fingerprint density at radius 1 is 1.35 bits per heavy atom. The van der Waals surface area contributed by atoms with Gasteiger partial charge in [-0.25, -0.2) is 4.98 Å². The van der Waals surface area contributed by atoms with Gasteiger partial charge in [0, 0.05) is 25.1 Å². The summed E-state index contributed by atoms with van der Waals surface area (Å²) in [6.07, 6.45) is 8.76. The second-order valence-electron chi connectivity index (χ2n) is 5.61. The Hall–Kier alpha value is -0.830. The minimum absolute atomic E-state index is 0.634. The first-order valence-electron chi connectivity index (χ1n) is 7.11. The van der Waals surface area contributed by atoms with E-state index in [9.17, 15) is 0 Å². The fraction of sp³-hybridized carbons (Fsp3) is 0.786. The van der Waals surface area contributed by atoms with Gasteiger partial charge in [0.2, 0.25) is 0 Å². The third kappa shape index (κ3) is 2.25. The topological polar surface area (TPSA) is 29.9 Å². The first-order chi connectivity index (χ1) is 8.34. The Morgan fingerprint density at radius 3 is 2.94 bits per heavy atom. The van der Waals surface area contributed by atoms with Gasteiger partial charge in [0.25, 0.3) is 0 Å². The maximum Gasteiger partial charge on any atom is 0.108 e. The summed E-state index contributed by atoms with van der Waals surface area (Å²) < 4.78 is 2.39. The number of piperidine rings is 1. The van der Waals surface area contributed by atoms with Crippen molar-refractivity contribution in [2.45, 2.75) is 51.5 Å². The van der Waals surface area contributed by atoms with Crippen molar-refractivity contribution in [3.63, 3.8) is 0 Å². The van der Waals surface area contributed by atoms with Crippen LogP contribution < -0.4 is 5.32 Å². The molecule has 1 aromatic heterocycles. The Balaban J connectivity index is 1.76. The van der Waals surface area contributed by atoms with Crippen molar-refractivity contribution in [1.82, 2.24) is 14.9 Å². The third-order valence-corrected chi connectivity index (χ3v) is 4.48. The number of rotatable bonds is 2.